The minimum atomic E-state index is -1.57. The molecule has 0 fully saturated rings. The van der Waals surface area contributed by atoms with Crippen molar-refractivity contribution in [3.63, 3.8) is 0 Å². The second-order valence-electron chi connectivity index (χ2n) is 2.87. The first-order valence-electron chi connectivity index (χ1n) is 4.20. The topological polar surface area (TPSA) is 80.7 Å². The van der Waals surface area contributed by atoms with Crippen LogP contribution >= 0.6 is 0 Å². The molecule has 0 amide bonds. The number of hydrogen-bond acceptors (Lipinski definition) is 4. The van der Waals surface area contributed by atoms with Crippen LogP contribution in [0.2, 0.25) is 0 Å². The van der Waals surface area contributed by atoms with Crippen LogP contribution < -0.4 is 0 Å². The van der Waals surface area contributed by atoms with Crippen molar-refractivity contribution in [3.05, 3.63) is 11.8 Å². The Hall–Kier alpha value is -1.65. The van der Waals surface area contributed by atoms with Gasteiger partial charge in [0.25, 0.3) is 5.78 Å². The van der Waals surface area contributed by atoms with Crippen LogP contribution in [0.25, 0.3) is 0 Å². The van der Waals surface area contributed by atoms with Crippen LogP contribution in [0.3, 0.4) is 0 Å². The summed E-state index contributed by atoms with van der Waals surface area (Å²) in [6, 6.07) is 0. The van der Waals surface area contributed by atoms with Crippen LogP contribution in [0, 0.1) is 5.92 Å². The van der Waals surface area contributed by atoms with E-state index in [0.717, 1.165) is 0 Å². The smallest absolute Gasteiger partial charge is 0.372 e. The van der Waals surface area contributed by atoms with Gasteiger partial charge in [-0.05, 0) is 6.92 Å². The number of rotatable bonds is 4. The fourth-order valence-corrected chi connectivity index (χ4v) is 1.28. The van der Waals surface area contributed by atoms with E-state index in [1.165, 1.54) is 6.08 Å². The highest BCUT2D eigenvalue weighted by Gasteiger charge is 2.36. The second-order valence-corrected chi connectivity index (χ2v) is 2.87. The molecule has 0 saturated heterocycles. The standard InChI is InChI=1S/C9H10O5/c1-2-14-5-3-6(7(10)4-5)8(11)9(12)13/h4,6H,2-3H2,1H3,(H,12,13). The third-order valence-electron chi connectivity index (χ3n) is 1.91. The lowest BCUT2D eigenvalue weighted by Crippen LogP contribution is -2.26. The Morgan fingerprint density at radius 1 is 1.64 bits per heavy atom. The van der Waals surface area contributed by atoms with Crippen molar-refractivity contribution < 1.29 is 24.2 Å². The van der Waals surface area contributed by atoms with Gasteiger partial charge in [0.2, 0.25) is 0 Å². The zero-order valence-corrected chi connectivity index (χ0v) is 7.65. The quantitative estimate of drug-likeness (QED) is 0.513. The number of aliphatic carboxylic acids is 1. The maximum atomic E-state index is 11.2. The van der Waals surface area contributed by atoms with Gasteiger partial charge < -0.3 is 9.84 Å². The van der Waals surface area contributed by atoms with Gasteiger partial charge >= 0.3 is 5.97 Å². The number of ketones is 2. The van der Waals surface area contributed by atoms with Gasteiger partial charge in [0.05, 0.1) is 12.5 Å². The number of allylic oxidation sites excluding steroid dienone is 2. The number of ether oxygens (including phenoxy) is 1. The van der Waals surface area contributed by atoms with Crippen LogP contribution in [0.4, 0.5) is 0 Å². The van der Waals surface area contributed by atoms with Crippen molar-refractivity contribution >= 4 is 17.5 Å². The Labute approximate surface area is 80.4 Å². The molecule has 1 unspecified atom stereocenters. The highest BCUT2D eigenvalue weighted by Crippen LogP contribution is 2.23. The Morgan fingerprint density at radius 2 is 2.29 bits per heavy atom. The molecule has 0 spiro atoms. The van der Waals surface area contributed by atoms with E-state index < -0.39 is 23.5 Å². The first kappa shape index (κ1) is 10.4. The molecular formula is C9H10O5. The molecule has 1 aliphatic carbocycles. The van der Waals surface area contributed by atoms with Crippen molar-refractivity contribution in [1.29, 1.82) is 0 Å². The van der Waals surface area contributed by atoms with Crippen LogP contribution in [-0.4, -0.2) is 29.2 Å². The van der Waals surface area contributed by atoms with Gasteiger partial charge in [-0.3, -0.25) is 9.59 Å². The Kier molecular flexibility index (Phi) is 3.01. The maximum absolute atomic E-state index is 11.2. The Balaban J connectivity index is 2.68. The average molecular weight is 198 g/mol. The number of carboxylic acid groups (broad SMARTS) is 1. The molecule has 1 atom stereocenters. The fraction of sp³-hybridized carbons (Fsp3) is 0.444. The molecule has 0 saturated carbocycles. The second kappa shape index (κ2) is 4.04. The van der Waals surface area contributed by atoms with Gasteiger partial charge in [0, 0.05) is 12.5 Å². The van der Waals surface area contributed by atoms with Gasteiger partial charge in [0.1, 0.15) is 5.76 Å². The molecule has 0 aliphatic heterocycles. The predicted octanol–water partition coefficient (Wildman–Crippen LogP) is 0.149. The number of hydrogen-bond donors (Lipinski definition) is 1. The van der Waals surface area contributed by atoms with Gasteiger partial charge in [-0.25, -0.2) is 4.79 Å². The monoisotopic (exact) mass is 198 g/mol. The maximum Gasteiger partial charge on any atom is 0.372 e. The highest BCUT2D eigenvalue weighted by atomic mass is 16.5. The van der Waals surface area contributed by atoms with E-state index in [-0.39, 0.29) is 6.42 Å². The SMILES string of the molecule is CCOC1=CC(=O)C(C(=O)C(=O)O)C1. The normalized spacial score (nSPS) is 20.5. The summed E-state index contributed by atoms with van der Waals surface area (Å²) in [5.41, 5.74) is 0. The highest BCUT2D eigenvalue weighted by molar-refractivity contribution is 6.38. The molecule has 5 nitrogen and oxygen atoms in total. The molecule has 14 heavy (non-hydrogen) atoms. The molecule has 76 valence electrons. The first-order valence-corrected chi connectivity index (χ1v) is 4.20. The molecule has 5 heteroatoms. The van der Waals surface area contributed by atoms with E-state index in [0.29, 0.717) is 12.4 Å². The number of carbonyl (C=O) groups excluding carboxylic acids is 2. The Morgan fingerprint density at radius 3 is 2.79 bits per heavy atom. The van der Waals surface area contributed by atoms with E-state index >= 15 is 0 Å². The van der Waals surface area contributed by atoms with Crippen molar-refractivity contribution in [2.75, 3.05) is 6.61 Å². The number of carboxylic acids is 1. The van der Waals surface area contributed by atoms with Crippen molar-refractivity contribution in [2.45, 2.75) is 13.3 Å². The van der Waals surface area contributed by atoms with E-state index in [2.05, 4.69) is 0 Å². The molecule has 0 aromatic rings. The number of Topliss-reactive ketones (excluding diaryl/α,β-unsaturated/α-hetero) is 1. The minimum absolute atomic E-state index is 0.0673. The van der Waals surface area contributed by atoms with E-state index in [4.69, 9.17) is 9.84 Å². The lowest BCUT2D eigenvalue weighted by Gasteiger charge is -2.04. The van der Waals surface area contributed by atoms with Gasteiger partial charge in [0.15, 0.2) is 5.78 Å². The molecule has 0 aromatic carbocycles. The molecule has 1 N–H and O–H groups in total. The van der Waals surface area contributed by atoms with Gasteiger partial charge in [-0.2, -0.15) is 0 Å². The summed E-state index contributed by atoms with van der Waals surface area (Å²) in [7, 11) is 0. The molecule has 1 aliphatic rings. The van der Waals surface area contributed by atoms with E-state index in [1.807, 2.05) is 0 Å². The summed E-state index contributed by atoms with van der Waals surface area (Å²) in [4.78, 5) is 32.5. The third kappa shape index (κ3) is 1.99. The van der Waals surface area contributed by atoms with Gasteiger partial charge in [-0.15, -0.1) is 0 Å². The summed E-state index contributed by atoms with van der Waals surface area (Å²) in [6.45, 7) is 2.14. The third-order valence-corrected chi connectivity index (χ3v) is 1.91. The molecule has 0 heterocycles. The van der Waals surface area contributed by atoms with E-state index in [9.17, 15) is 14.4 Å². The Bertz CT molecular complexity index is 315. The molecule has 1 rings (SSSR count). The zero-order chi connectivity index (χ0) is 10.7. The zero-order valence-electron chi connectivity index (χ0n) is 7.65. The summed E-state index contributed by atoms with van der Waals surface area (Å²) < 4.78 is 5.03. The van der Waals surface area contributed by atoms with Gasteiger partial charge in [-0.1, -0.05) is 0 Å². The van der Waals surface area contributed by atoms with Crippen LogP contribution in [0.1, 0.15) is 13.3 Å². The van der Waals surface area contributed by atoms with Crippen molar-refractivity contribution in [1.82, 2.24) is 0 Å². The summed E-state index contributed by atoms with van der Waals surface area (Å²) in [5, 5.41) is 8.41. The summed E-state index contributed by atoms with van der Waals surface area (Å²) >= 11 is 0. The number of carbonyl (C=O) groups is 3. The average Bonchev–Trinajstić information content (AvgIpc) is 2.46. The van der Waals surface area contributed by atoms with Crippen LogP contribution in [0.5, 0.6) is 0 Å². The summed E-state index contributed by atoms with van der Waals surface area (Å²) in [6.07, 6.45) is 1.26. The molecule has 0 bridgehead atoms. The van der Waals surface area contributed by atoms with E-state index in [1.54, 1.807) is 6.92 Å². The van der Waals surface area contributed by atoms with Crippen molar-refractivity contribution in [2.24, 2.45) is 5.92 Å². The largest absolute Gasteiger partial charge is 0.498 e. The molecule has 0 aromatic heterocycles. The lowest BCUT2D eigenvalue weighted by molar-refractivity contribution is -0.152. The lowest BCUT2D eigenvalue weighted by atomic mass is 10.0. The van der Waals surface area contributed by atoms with Crippen LogP contribution in [-0.2, 0) is 19.1 Å². The molecular weight excluding hydrogens is 188 g/mol. The van der Waals surface area contributed by atoms with Crippen molar-refractivity contribution in [3.8, 4) is 0 Å². The minimum Gasteiger partial charge on any atom is -0.498 e. The summed E-state index contributed by atoms with van der Waals surface area (Å²) in [5.74, 6) is -3.83. The van der Waals surface area contributed by atoms with Crippen LogP contribution in [0.15, 0.2) is 11.8 Å². The first-order chi connectivity index (χ1) is 6.56. The predicted molar refractivity (Wildman–Crippen MR) is 45.5 cm³/mol. The fourth-order valence-electron chi connectivity index (χ4n) is 1.28. The molecule has 0 radical (unpaired) electrons.